The van der Waals surface area contributed by atoms with Gasteiger partial charge in [-0.15, -0.1) is 0 Å². The molecule has 2 rings (SSSR count). The number of benzene rings is 1. The molecule has 1 atom stereocenters. The molecule has 4 nitrogen and oxygen atoms in total. The van der Waals surface area contributed by atoms with Gasteiger partial charge in [-0.1, -0.05) is 28.1 Å². The number of nitrogens with one attached hydrogen (secondary N) is 1. The molecule has 84 valence electrons. The van der Waals surface area contributed by atoms with Crippen LogP contribution in [0.1, 0.15) is 11.6 Å². The highest BCUT2D eigenvalue weighted by Crippen LogP contribution is 2.29. The summed E-state index contributed by atoms with van der Waals surface area (Å²) in [4.78, 5) is 14.6. The minimum Gasteiger partial charge on any atom is -0.339 e. The number of amides is 1. The molecule has 0 spiro atoms. The van der Waals surface area contributed by atoms with Crippen molar-refractivity contribution in [1.82, 2.24) is 10.3 Å². The fourth-order valence-electron chi connectivity index (χ4n) is 1.70. The summed E-state index contributed by atoms with van der Waals surface area (Å²) in [5.41, 5.74) is 0.685. The third kappa shape index (κ3) is 2.12. The highest BCUT2D eigenvalue weighted by Gasteiger charge is 2.14. The van der Waals surface area contributed by atoms with E-state index in [-0.39, 0.29) is 0 Å². The molecule has 0 aliphatic carbocycles. The van der Waals surface area contributed by atoms with Crippen molar-refractivity contribution in [1.29, 1.82) is 5.26 Å². The SMILES string of the molecule is N#CC(NC=O)c1cncc2cccc(Br)c12. The maximum absolute atomic E-state index is 10.5. The number of halogens is 1. The molecule has 5 heteroatoms. The normalized spacial score (nSPS) is 11.8. The average molecular weight is 290 g/mol. The Balaban J connectivity index is 2.69. The van der Waals surface area contributed by atoms with E-state index < -0.39 is 6.04 Å². The summed E-state index contributed by atoms with van der Waals surface area (Å²) in [5.74, 6) is 0. The molecular weight excluding hydrogens is 282 g/mol. The van der Waals surface area contributed by atoms with Crippen molar-refractivity contribution in [3.05, 3.63) is 40.6 Å². The first kappa shape index (κ1) is 11.6. The van der Waals surface area contributed by atoms with Crippen molar-refractivity contribution >= 4 is 33.1 Å². The molecule has 0 radical (unpaired) electrons. The number of pyridine rings is 1. The quantitative estimate of drug-likeness (QED) is 0.882. The molecule has 1 unspecified atom stereocenters. The predicted octanol–water partition coefficient (Wildman–Crippen LogP) is 2.31. The van der Waals surface area contributed by atoms with E-state index in [1.165, 1.54) is 0 Å². The Morgan fingerprint density at radius 1 is 1.47 bits per heavy atom. The Morgan fingerprint density at radius 3 is 3.00 bits per heavy atom. The number of hydrogen-bond donors (Lipinski definition) is 1. The second kappa shape index (κ2) is 4.93. The Kier molecular flexibility index (Phi) is 3.35. The van der Waals surface area contributed by atoms with Crippen molar-refractivity contribution in [3.63, 3.8) is 0 Å². The highest BCUT2D eigenvalue weighted by atomic mass is 79.9. The van der Waals surface area contributed by atoms with Crippen LogP contribution in [0.2, 0.25) is 0 Å². The van der Waals surface area contributed by atoms with Crippen LogP contribution in [0, 0.1) is 11.3 Å². The van der Waals surface area contributed by atoms with Gasteiger partial charge in [-0.05, 0) is 6.07 Å². The summed E-state index contributed by atoms with van der Waals surface area (Å²) >= 11 is 3.44. The summed E-state index contributed by atoms with van der Waals surface area (Å²) in [6, 6.07) is 7.04. The number of hydrogen-bond acceptors (Lipinski definition) is 3. The number of carbonyl (C=O) groups excluding carboxylic acids is 1. The molecule has 17 heavy (non-hydrogen) atoms. The molecule has 0 aliphatic rings. The molecule has 0 bridgehead atoms. The predicted molar refractivity (Wildman–Crippen MR) is 67.0 cm³/mol. The van der Waals surface area contributed by atoms with Crippen LogP contribution in [-0.4, -0.2) is 11.4 Å². The van der Waals surface area contributed by atoms with E-state index >= 15 is 0 Å². The molecule has 1 amide bonds. The first-order valence-electron chi connectivity index (χ1n) is 4.89. The zero-order valence-corrected chi connectivity index (χ0v) is 10.3. The molecule has 1 heterocycles. The van der Waals surface area contributed by atoms with Crippen LogP contribution in [0.5, 0.6) is 0 Å². The van der Waals surface area contributed by atoms with Crippen molar-refractivity contribution in [2.45, 2.75) is 6.04 Å². The molecular formula is C12H8BrN3O. The molecule has 0 saturated heterocycles. The first-order chi connectivity index (χ1) is 8.27. The third-order valence-corrected chi connectivity index (χ3v) is 3.10. The second-order valence-electron chi connectivity index (χ2n) is 3.41. The Morgan fingerprint density at radius 2 is 2.29 bits per heavy atom. The fourth-order valence-corrected chi connectivity index (χ4v) is 2.31. The highest BCUT2D eigenvalue weighted by molar-refractivity contribution is 9.10. The molecule has 0 aliphatic heterocycles. The minimum atomic E-state index is -0.692. The number of aromatic nitrogens is 1. The van der Waals surface area contributed by atoms with E-state index in [1.807, 2.05) is 24.3 Å². The van der Waals surface area contributed by atoms with Gasteiger partial charge in [-0.25, -0.2) is 0 Å². The Hall–Kier alpha value is -1.93. The van der Waals surface area contributed by atoms with Crippen LogP contribution in [0.3, 0.4) is 0 Å². The number of carbonyl (C=O) groups is 1. The zero-order valence-electron chi connectivity index (χ0n) is 8.72. The maximum atomic E-state index is 10.5. The van der Waals surface area contributed by atoms with Crippen molar-refractivity contribution in [3.8, 4) is 6.07 Å². The minimum absolute atomic E-state index is 0.517. The van der Waals surface area contributed by atoms with Crippen molar-refractivity contribution in [2.75, 3.05) is 0 Å². The van der Waals surface area contributed by atoms with Crippen LogP contribution in [0.15, 0.2) is 35.1 Å². The van der Waals surface area contributed by atoms with Gasteiger partial charge in [0.25, 0.3) is 0 Å². The molecule has 0 fully saturated rings. The number of nitrogens with zero attached hydrogens (tertiary/aromatic N) is 2. The second-order valence-corrected chi connectivity index (χ2v) is 4.27. The summed E-state index contributed by atoms with van der Waals surface area (Å²) < 4.78 is 0.875. The van der Waals surface area contributed by atoms with E-state index in [0.29, 0.717) is 12.0 Å². The van der Waals surface area contributed by atoms with E-state index in [0.717, 1.165) is 15.2 Å². The van der Waals surface area contributed by atoms with E-state index in [2.05, 4.69) is 26.2 Å². The summed E-state index contributed by atoms with van der Waals surface area (Å²) in [5, 5.41) is 13.3. The van der Waals surface area contributed by atoms with Gasteiger partial charge in [-0.3, -0.25) is 9.78 Å². The first-order valence-corrected chi connectivity index (χ1v) is 5.68. The smallest absolute Gasteiger partial charge is 0.208 e. The lowest BCUT2D eigenvalue weighted by Gasteiger charge is -2.11. The molecule has 1 N–H and O–H groups in total. The fraction of sp³-hybridized carbons (Fsp3) is 0.0833. The molecule has 2 aromatic rings. The van der Waals surface area contributed by atoms with Gasteiger partial charge in [0.1, 0.15) is 6.04 Å². The standard InChI is InChI=1S/C12H8BrN3O/c13-10-3-1-2-8-5-15-6-9(12(8)10)11(4-14)16-7-17/h1-3,5-7,11H,(H,16,17). The van der Waals surface area contributed by atoms with Crippen molar-refractivity contribution < 1.29 is 4.79 Å². The molecule has 0 saturated carbocycles. The maximum Gasteiger partial charge on any atom is 0.208 e. The Bertz CT molecular complexity index is 601. The van der Waals surface area contributed by atoms with Gasteiger partial charge < -0.3 is 5.32 Å². The van der Waals surface area contributed by atoms with E-state index in [9.17, 15) is 4.79 Å². The van der Waals surface area contributed by atoms with E-state index in [4.69, 9.17) is 5.26 Å². The van der Waals surface area contributed by atoms with Crippen LogP contribution >= 0.6 is 15.9 Å². The van der Waals surface area contributed by atoms with Crippen LogP contribution < -0.4 is 5.32 Å². The summed E-state index contributed by atoms with van der Waals surface area (Å²) in [6.07, 6.45) is 3.83. The van der Waals surface area contributed by atoms with Crippen LogP contribution in [0.4, 0.5) is 0 Å². The lowest BCUT2D eigenvalue weighted by atomic mass is 10.0. The molecule has 1 aromatic heterocycles. The lowest BCUT2D eigenvalue weighted by Crippen LogP contribution is -2.18. The Labute approximate surface area is 106 Å². The number of rotatable bonds is 3. The van der Waals surface area contributed by atoms with Crippen LogP contribution in [0.25, 0.3) is 10.8 Å². The average Bonchev–Trinajstić information content (AvgIpc) is 2.36. The summed E-state index contributed by atoms with van der Waals surface area (Å²) in [7, 11) is 0. The van der Waals surface area contributed by atoms with Gasteiger partial charge in [0.15, 0.2) is 0 Å². The number of nitriles is 1. The molecule has 1 aromatic carbocycles. The van der Waals surface area contributed by atoms with Crippen LogP contribution in [-0.2, 0) is 4.79 Å². The zero-order chi connectivity index (χ0) is 12.3. The lowest BCUT2D eigenvalue weighted by molar-refractivity contribution is -0.109. The largest absolute Gasteiger partial charge is 0.339 e. The van der Waals surface area contributed by atoms with Gasteiger partial charge in [-0.2, -0.15) is 5.26 Å². The van der Waals surface area contributed by atoms with Gasteiger partial charge in [0, 0.05) is 33.2 Å². The van der Waals surface area contributed by atoms with Gasteiger partial charge >= 0.3 is 0 Å². The van der Waals surface area contributed by atoms with Gasteiger partial charge in [0.2, 0.25) is 6.41 Å². The van der Waals surface area contributed by atoms with Crippen molar-refractivity contribution in [2.24, 2.45) is 0 Å². The van der Waals surface area contributed by atoms with Gasteiger partial charge in [0.05, 0.1) is 6.07 Å². The van der Waals surface area contributed by atoms with E-state index in [1.54, 1.807) is 12.4 Å². The number of fused-ring (bicyclic) bond motifs is 1. The topological polar surface area (TPSA) is 65.8 Å². The third-order valence-electron chi connectivity index (χ3n) is 2.44. The monoisotopic (exact) mass is 289 g/mol. The summed E-state index contributed by atoms with van der Waals surface area (Å²) in [6.45, 7) is 0.